The lowest BCUT2D eigenvalue weighted by atomic mass is 9.64. The lowest BCUT2D eigenvalue weighted by molar-refractivity contribution is 0.320. The van der Waals surface area contributed by atoms with Crippen LogP contribution >= 0.6 is 0 Å². The van der Waals surface area contributed by atoms with Crippen LogP contribution < -0.4 is 0 Å². The maximum absolute atomic E-state index is 13.1. The van der Waals surface area contributed by atoms with Crippen molar-refractivity contribution in [1.82, 2.24) is 0 Å². The molecule has 1 aromatic rings. The quantitative estimate of drug-likeness (QED) is 0.693. The van der Waals surface area contributed by atoms with Crippen molar-refractivity contribution in [2.24, 2.45) is 0 Å². The lowest BCUT2D eigenvalue weighted by Crippen LogP contribution is -2.33. The molecule has 0 radical (unpaired) electrons. The first-order valence-corrected chi connectivity index (χ1v) is 4.96. The number of rotatable bonds is 1. The van der Waals surface area contributed by atoms with E-state index in [0.717, 1.165) is 19.3 Å². The molecule has 0 unspecified atom stereocenters. The molecule has 0 bridgehead atoms. The van der Waals surface area contributed by atoms with Crippen molar-refractivity contribution >= 4 is 0 Å². The van der Waals surface area contributed by atoms with Crippen LogP contribution in [0.2, 0.25) is 0 Å². The summed E-state index contributed by atoms with van der Waals surface area (Å²) in [6.07, 6.45) is 2.47. The number of nitrogens with zero attached hydrogens (tertiary/aromatic N) is 1. The second kappa shape index (κ2) is 3.30. The molecule has 1 aliphatic rings. The first kappa shape index (κ1) is 10.1. The van der Waals surface area contributed by atoms with Crippen LogP contribution in [0.25, 0.3) is 0 Å². The van der Waals surface area contributed by atoms with E-state index in [1.807, 2.05) is 0 Å². The van der Waals surface area contributed by atoms with Crippen molar-refractivity contribution in [2.75, 3.05) is 0 Å². The van der Waals surface area contributed by atoms with Gasteiger partial charge < -0.3 is 0 Å². The highest BCUT2D eigenvalue weighted by atomic mass is 19.2. The maximum atomic E-state index is 13.1. The lowest BCUT2D eigenvalue weighted by Gasteiger charge is -2.36. The van der Waals surface area contributed by atoms with E-state index in [4.69, 9.17) is 5.26 Å². The highest BCUT2D eigenvalue weighted by molar-refractivity contribution is 5.41. The molecule has 0 saturated heterocycles. The molecule has 0 atom stereocenters. The van der Waals surface area contributed by atoms with Gasteiger partial charge in [-0.2, -0.15) is 5.26 Å². The van der Waals surface area contributed by atoms with Crippen molar-refractivity contribution in [1.29, 1.82) is 5.26 Å². The Hall–Kier alpha value is -1.43. The Labute approximate surface area is 87.3 Å². The van der Waals surface area contributed by atoms with Crippen molar-refractivity contribution in [3.05, 3.63) is 34.9 Å². The SMILES string of the molecule is Cc1cc(F)c(F)cc1C1(C#N)CCC1. The van der Waals surface area contributed by atoms with Crippen LogP contribution in [0.1, 0.15) is 30.4 Å². The molecule has 0 aromatic heterocycles. The summed E-state index contributed by atoms with van der Waals surface area (Å²) in [4.78, 5) is 0. The Balaban J connectivity index is 2.54. The largest absolute Gasteiger partial charge is 0.204 e. The summed E-state index contributed by atoms with van der Waals surface area (Å²) in [6, 6.07) is 4.57. The van der Waals surface area contributed by atoms with Crippen molar-refractivity contribution < 1.29 is 8.78 Å². The van der Waals surface area contributed by atoms with Gasteiger partial charge in [0.25, 0.3) is 0 Å². The standard InChI is InChI=1S/C12H11F2N/c1-8-5-10(13)11(14)6-9(8)12(7-15)3-2-4-12/h5-6H,2-4H2,1H3. The third-order valence-corrected chi connectivity index (χ3v) is 3.20. The van der Waals surface area contributed by atoms with Crippen LogP contribution in [-0.4, -0.2) is 0 Å². The van der Waals surface area contributed by atoms with E-state index in [0.29, 0.717) is 11.1 Å². The number of hydrogen-bond acceptors (Lipinski definition) is 1. The highest BCUT2D eigenvalue weighted by Crippen LogP contribution is 2.44. The van der Waals surface area contributed by atoms with Gasteiger partial charge in [0.1, 0.15) is 0 Å². The molecule has 1 saturated carbocycles. The Morgan fingerprint density at radius 1 is 1.27 bits per heavy atom. The Bertz CT molecular complexity index is 442. The third kappa shape index (κ3) is 1.41. The summed E-state index contributed by atoms with van der Waals surface area (Å²) in [6.45, 7) is 1.72. The van der Waals surface area contributed by atoms with E-state index >= 15 is 0 Å². The fourth-order valence-electron chi connectivity index (χ4n) is 2.13. The summed E-state index contributed by atoms with van der Waals surface area (Å²) in [5.74, 6) is -1.71. The summed E-state index contributed by atoms with van der Waals surface area (Å²) in [5, 5.41) is 9.11. The van der Waals surface area contributed by atoms with E-state index in [-0.39, 0.29) is 0 Å². The topological polar surface area (TPSA) is 23.8 Å². The van der Waals surface area contributed by atoms with E-state index < -0.39 is 17.0 Å². The minimum absolute atomic E-state index is 0.571. The maximum Gasteiger partial charge on any atom is 0.159 e. The number of nitriles is 1. The highest BCUT2D eigenvalue weighted by Gasteiger charge is 2.40. The zero-order valence-corrected chi connectivity index (χ0v) is 8.48. The van der Waals surface area contributed by atoms with Gasteiger partial charge >= 0.3 is 0 Å². The van der Waals surface area contributed by atoms with E-state index in [9.17, 15) is 8.78 Å². The van der Waals surface area contributed by atoms with Gasteiger partial charge in [0.2, 0.25) is 0 Å². The predicted octanol–water partition coefficient (Wildman–Crippen LogP) is 3.22. The van der Waals surface area contributed by atoms with Gasteiger partial charge in [0.05, 0.1) is 11.5 Å². The average molecular weight is 207 g/mol. The Morgan fingerprint density at radius 3 is 2.33 bits per heavy atom. The molecule has 0 amide bonds. The number of aryl methyl sites for hydroxylation is 1. The molecule has 78 valence electrons. The Morgan fingerprint density at radius 2 is 1.87 bits per heavy atom. The molecule has 0 heterocycles. The minimum atomic E-state index is -0.864. The number of halogens is 2. The summed E-state index contributed by atoms with van der Waals surface area (Å²) < 4.78 is 26.0. The molecule has 1 aliphatic carbocycles. The molecule has 0 N–H and O–H groups in total. The van der Waals surface area contributed by atoms with Crippen LogP contribution in [0.4, 0.5) is 8.78 Å². The molecule has 2 rings (SSSR count). The molecule has 1 aromatic carbocycles. The average Bonchev–Trinajstić information content (AvgIpc) is 2.12. The van der Waals surface area contributed by atoms with Gasteiger partial charge in [-0.05, 0) is 49.4 Å². The molecule has 0 spiro atoms. The van der Waals surface area contributed by atoms with Gasteiger partial charge in [-0.3, -0.25) is 0 Å². The van der Waals surface area contributed by atoms with E-state index in [2.05, 4.69) is 6.07 Å². The number of hydrogen-bond donors (Lipinski definition) is 0. The molecular weight excluding hydrogens is 196 g/mol. The van der Waals surface area contributed by atoms with Gasteiger partial charge in [-0.15, -0.1) is 0 Å². The second-order valence-electron chi connectivity index (χ2n) is 4.13. The second-order valence-corrected chi connectivity index (χ2v) is 4.13. The molecule has 1 nitrogen and oxygen atoms in total. The van der Waals surface area contributed by atoms with Crippen LogP contribution in [0.15, 0.2) is 12.1 Å². The van der Waals surface area contributed by atoms with Crippen LogP contribution in [0, 0.1) is 29.9 Å². The summed E-state index contributed by atoms with van der Waals surface area (Å²) >= 11 is 0. The normalized spacial score (nSPS) is 18.0. The molecule has 15 heavy (non-hydrogen) atoms. The predicted molar refractivity (Wildman–Crippen MR) is 52.2 cm³/mol. The van der Waals surface area contributed by atoms with Crippen molar-refractivity contribution in [3.63, 3.8) is 0 Å². The first-order chi connectivity index (χ1) is 7.09. The van der Waals surface area contributed by atoms with Crippen LogP contribution in [-0.2, 0) is 5.41 Å². The zero-order chi connectivity index (χ0) is 11.1. The fraction of sp³-hybridized carbons (Fsp3) is 0.417. The summed E-state index contributed by atoms with van der Waals surface area (Å²) in [5.41, 5.74) is 0.740. The van der Waals surface area contributed by atoms with Crippen molar-refractivity contribution in [3.8, 4) is 6.07 Å². The molecule has 0 aliphatic heterocycles. The fourth-order valence-corrected chi connectivity index (χ4v) is 2.13. The monoisotopic (exact) mass is 207 g/mol. The van der Waals surface area contributed by atoms with Crippen LogP contribution in [0.5, 0.6) is 0 Å². The Kier molecular flexibility index (Phi) is 2.22. The minimum Gasteiger partial charge on any atom is -0.204 e. The molecule has 1 fully saturated rings. The van der Waals surface area contributed by atoms with E-state index in [1.165, 1.54) is 12.1 Å². The smallest absolute Gasteiger partial charge is 0.159 e. The zero-order valence-electron chi connectivity index (χ0n) is 8.48. The van der Waals surface area contributed by atoms with E-state index in [1.54, 1.807) is 6.92 Å². The number of benzene rings is 1. The van der Waals surface area contributed by atoms with Gasteiger partial charge in [-0.25, -0.2) is 8.78 Å². The molecule has 3 heteroatoms. The van der Waals surface area contributed by atoms with Gasteiger partial charge in [-0.1, -0.05) is 0 Å². The van der Waals surface area contributed by atoms with Gasteiger partial charge in [0.15, 0.2) is 11.6 Å². The van der Waals surface area contributed by atoms with Gasteiger partial charge in [0, 0.05) is 0 Å². The van der Waals surface area contributed by atoms with Crippen molar-refractivity contribution in [2.45, 2.75) is 31.6 Å². The first-order valence-electron chi connectivity index (χ1n) is 4.96. The molecular formula is C12H11F2N. The summed E-state index contributed by atoms with van der Waals surface area (Å²) in [7, 11) is 0. The van der Waals surface area contributed by atoms with Crippen LogP contribution in [0.3, 0.4) is 0 Å². The third-order valence-electron chi connectivity index (χ3n) is 3.20.